The van der Waals surface area contributed by atoms with Gasteiger partial charge in [0, 0.05) is 12.1 Å². The van der Waals surface area contributed by atoms with Crippen molar-refractivity contribution < 1.29 is 10.2 Å². The normalized spacial score (nSPS) is 13.2. The van der Waals surface area contributed by atoms with Crippen LogP contribution in [-0.4, -0.2) is 14.8 Å². The molecule has 1 aromatic rings. The Labute approximate surface area is 167 Å². The number of aromatic nitrogens is 1. The summed E-state index contributed by atoms with van der Waals surface area (Å²) in [5, 5.41) is 20.2. The first-order valence-electron chi connectivity index (χ1n) is 11.4. The van der Waals surface area contributed by atoms with Crippen molar-refractivity contribution >= 4 is 0 Å². The zero-order chi connectivity index (χ0) is 19.9. The predicted molar refractivity (Wildman–Crippen MR) is 117 cm³/mol. The molecule has 3 heteroatoms. The van der Waals surface area contributed by atoms with Crippen LogP contribution in [0.15, 0.2) is 23.8 Å². The fraction of sp³-hybridized carbons (Fsp3) is 0.750. The molecule has 0 saturated heterocycles. The first-order chi connectivity index (χ1) is 13.1. The standard InChI is InChI=1S/C24H43NO2/c1-4-6-8-9-10-11-12-13-14-15-16-17-21(3)22(18-7-5-2)25-23(26)19-20-24(25)27/h17,19-20,22,26-27H,4-16,18H2,1-3H3. The van der Waals surface area contributed by atoms with Crippen molar-refractivity contribution in [2.24, 2.45) is 0 Å². The fourth-order valence-corrected chi connectivity index (χ4v) is 3.80. The highest BCUT2D eigenvalue weighted by atomic mass is 16.3. The summed E-state index contributed by atoms with van der Waals surface area (Å²) >= 11 is 0. The summed E-state index contributed by atoms with van der Waals surface area (Å²) < 4.78 is 1.67. The second kappa shape index (κ2) is 14.6. The van der Waals surface area contributed by atoms with Crippen molar-refractivity contribution in [2.75, 3.05) is 0 Å². The average molecular weight is 378 g/mol. The molecule has 1 atom stereocenters. The minimum absolute atomic E-state index is 0.0584. The Hall–Kier alpha value is -1.38. The summed E-state index contributed by atoms with van der Waals surface area (Å²) in [5.74, 6) is 0.306. The van der Waals surface area contributed by atoms with Gasteiger partial charge in [-0.25, -0.2) is 0 Å². The van der Waals surface area contributed by atoms with E-state index >= 15 is 0 Å². The first kappa shape index (κ1) is 23.7. The summed E-state index contributed by atoms with van der Waals surface area (Å²) in [7, 11) is 0. The molecular weight excluding hydrogens is 334 g/mol. The number of hydrogen-bond acceptors (Lipinski definition) is 2. The summed E-state index contributed by atoms with van der Waals surface area (Å²) in [6.45, 7) is 6.58. The quantitative estimate of drug-likeness (QED) is 0.227. The van der Waals surface area contributed by atoms with Crippen LogP contribution in [0.2, 0.25) is 0 Å². The van der Waals surface area contributed by atoms with Crippen molar-refractivity contribution in [2.45, 2.75) is 117 Å². The van der Waals surface area contributed by atoms with E-state index in [1.54, 1.807) is 16.7 Å². The molecule has 27 heavy (non-hydrogen) atoms. The lowest BCUT2D eigenvalue weighted by molar-refractivity contribution is 0.337. The second-order valence-electron chi connectivity index (χ2n) is 8.00. The molecule has 0 spiro atoms. The summed E-state index contributed by atoms with van der Waals surface area (Å²) in [6.07, 6.45) is 20.2. The number of aromatic hydroxyl groups is 2. The van der Waals surface area contributed by atoms with Gasteiger partial charge in [-0.3, -0.25) is 4.57 Å². The Balaban J connectivity index is 2.31. The van der Waals surface area contributed by atoms with Crippen LogP contribution < -0.4 is 0 Å². The molecule has 0 amide bonds. The number of rotatable bonds is 16. The third-order valence-electron chi connectivity index (χ3n) is 5.57. The van der Waals surface area contributed by atoms with Crippen molar-refractivity contribution in [3.05, 3.63) is 23.8 Å². The van der Waals surface area contributed by atoms with E-state index < -0.39 is 0 Å². The molecule has 0 aromatic carbocycles. The topological polar surface area (TPSA) is 45.4 Å². The predicted octanol–water partition coefficient (Wildman–Crippen LogP) is 7.89. The minimum Gasteiger partial charge on any atom is -0.494 e. The van der Waals surface area contributed by atoms with Crippen molar-refractivity contribution in [3.63, 3.8) is 0 Å². The molecule has 3 nitrogen and oxygen atoms in total. The molecule has 0 radical (unpaired) electrons. The molecule has 1 heterocycles. The first-order valence-corrected chi connectivity index (χ1v) is 11.4. The van der Waals surface area contributed by atoms with E-state index in [4.69, 9.17) is 0 Å². The summed E-state index contributed by atoms with van der Waals surface area (Å²) in [6, 6.07) is 3.20. The highest BCUT2D eigenvalue weighted by molar-refractivity contribution is 5.28. The highest BCUT2D eigenvalue weighted by Crippen LogP contribution is 2.34. The maximum absolute atomic E-state index is 10.1. The van der Waals surface area contributed by atoms with Gasteiger partial charge in [0.15, 0.2) is 11.8 Å². The van der Waals surface area contributed by atoms with Crippen LogP contribution in [-0.2, 0) is 0 Å². The third kappa shape index (κ3) is 9.39. The maximum Gasteiger partial charge on any atom is 0.194 e. The monoisotopic (exact) mass is 377 g/mol. The van der Waals surface area contributed by atoms with Crippen LogP contribution in [0.1, 0.15) is 117 Å². The van der Waals surface area contributed by atoms with Gasteiger partial charge in [-0.2, -0.15) is 0 Å². The lowest BCUT2D eigenvalue weighted by Crippen LogP contribution is -2.10. The molecule has 1 unspecified atom stereocenters. The lowest BCUT2D eigenvalue weighted by atomic mass is 10.00. The van der Waals surface area contributed by atoms with Gasteiger partial charge in [-0.15, -0.1) is 0 Å². The molecule has 0 aliphatic rings. The Bertz CT molecular complexity index is 499. The van der Waals surface area contributed by atoms with Crippen molar-refractivity contribution in [1.29, 1.82) is 0 Å². The Kier molecular flexibility index (Phi) is 12.8. The number of allylic oxidation sites excluding steroid dienone is 2. The van der Waals surface area contributed by atoms with Gasteiger partial charge in [-0.1, -0.05) is 96.1 Å². The Morgan fingerprint density at radius 2 is 1.30 bits per heavy atom. The minimum atomic E-state index is 0.0584. The van der Waals surface area contributed by atoms with Gasteiger partial charge < -0.3 is 10.2 Å². The lowest BCUT2D eigenvalue weighted by Gasteiger charge is -2.22. The molecule has 0 aliphatic carbocycles. The van der Waals surface area contributed by atoms with Crippen molar-refractivity contribution in [3.8, 4) is 11.8 Å². The van der Waals surface area contributed by atoms with Gasteiger partial charge in [0.05, 0.1) is 6.04 Å². The molecule has 0 fully saturated rings. The molecule has 0 bridgehead atoms. The zero-order valence-electron chi connectivity index (χ0n) is 18.1. The summed E-state index contributed by atoms with van der Waals surface area (Å²) in [4.78, 5) is 0. The molecular formula is C24H43NO2. The third-order valence-corrected chi connectivity index (χ3v) is 5.57. The van der Waals surface area contributed by atoms with E-state index in [9.17, 15) is 10.2 Å². The molecule has 0 aliphatic heterocycles. The summed E-state index contributed by atoms with van der Waals surface area (Å²) in [5.41, 5.74) is 1.25. The van der Waals surface area contributed by atoms with Crippen molar-refractivity contribution in [1.82, 2.24) is 4.57 Å². The van der Waals surface area contributed by atoms with E-state index in [1.165, 1.54) is 69.8 Å². The number of nitrogens with zero attached hydrogens (tertiary/aromatic N) is 1. The van der Waals surface area contributed by atoms with Crippen LogP contribution in [0.5, 0.6) is 11.8 Å². The largest absolute Gasteiger partial charge is 0.494 e. The maximum atomic E-state index is 10.1. The smallest absolute Gasteiger partial charge is 0.194 e. The van der Waals surface area contributed by atoms with E-state index in [2.05, 4.69) is 26.8 Å². The average Bonchev–Trinajstić information content (AvgIpc) is 2.99. The molecule has 1 aromatic heterocycles. The SMILES string of the molecule is CCCCCCCCCCCCC=C(C)C(CCCC)n1c(O)ccc1O. The van der Waals surface area contributed by atoms with Gasteiger partial charge in [0.25, 0.3) is 0 Å². The van der Waals surface area contributed by atoms with Crippen LogP contribution >= 0.6 is 0 Å². The van der Waals surface area contributed by atoms with Gasteiger partial charge >= 0.3 is 0 Å². The van der Waals surface area contributed by atoms with Gasteiger partial charge in [-0.05, 0) is 26.2 Å². The van der Waals surface area contributed by atoms with Crippen LogP contribution in [0.4, 0.5) is 0 Å². The molecule has 2 N–H and O–H groups in total. The number of hydrogen-bond donors (Lipinski definition) is 2. The molecule has 1 rings (SSSR count). The van der Waals surface area contributed by atoms with E-state index in [0.717, 1.165) is 25.7 Å². The Morgan fingerprint density at radius 3 is 1.81 bits per heavy atom. The zero-order valence-corrected chi connectivity index (χ0v) is 18.1. The van der Waals surface area contributed by atoms with E-state index in [-0.39, 0.29) is 17.8 Å². The van der Waals surface area contributed by atoms with Crippen LogP contribution in [0.3, 0.4) is 0 Å². The molecule has 0 saturated carbocycles. The van der Waals surface area contributed by atoms with E-state index in [1.807, 2.05) is 0 Å². The van der Waals surface area contributed by atoms with E-state index in [0.29, 0.717) is 0 Å². The fourth-order valence-electron chi connectivity index (χ4n) is 3.80. The Morgan fingerprint density at radius 1 is 0.815 bits per heavy atom. The van der Waals surface area contributed by atoms with Gasteiger partial charge in [0.2, 0.25) is 0 Å². The number of unbranched alkanes of at least 4 members (excludes halogenated alkanes) is 11. The second-order valence-corrected chi connectivity index (χ2v) is 8.00. The van der Waals surface area contributed by atoms with Crippen LogP contribution in [0, 0.1) is 0 Å². The highest BCUT2D eigenvalue weighted by Gasteiger charge is 2.18. The van der Waals surface area contributed by atoms with Crippen LogP contribution in [0.25, 0.3) is 0 Å². The molecule has 156 valence electrons. The van der Waals surface area contributed by atoms with Gasteiger partial charge in [0.1, 0.15) is 0 Å².